The topological polar surface area (TPSA) is 77.0 Å². The number of anilines is 1. The van der Waals surface area contributed by atoms with Gasteiger partial charge in [-0.15, -0.1) is 5.10 Å². The van der Waals surface area contributed by atoms with Gasteiger partial charge in [-0.25, -0.2) is 4.68 Å². The van der Waals surface area contributed by atoms with Crippen LogP contribution in [0.2, 0.25) is 0 Å². The molecule has 0 bridgehead atoms. The van der Waals surface area contributed by atoms with Crippen molar-refractivity contribution in [3.05, 3.63) is 4.73 Å². The van der Waals surface area contributed by atoms with Gasteiger partial charge in [0.1, 0.15) is 0 Å². The van der Waals surface area contributed by atoms with E-state index in [1.165, 1.54) is 4.68 Å². The Labute approximate surface area is 72.4 Å². The fraction of sp³-hybridized carbons (Fsp3) is 0.600. The lowest BCUT2D eigenvalue weighted by Crippen LogP contribution is -2.13. The molecule has 0 aliphatic heterocycles. The Hall–Kier alpha value is -0.620. The molecule has 62 valence electrons. The first-order valence-corrected chi connectivity index (χ1v) is 3.93. The molecule has 0 aromatic carbocycles. The molecule has 0 aliphatic rings. The molecule has 0 radical (unpaired) electrons. The Balaban J connectivity index is 2.77. The third-order valence-corrected chi connectivity index (χ3v) is 1.67. The van der Waals surface area contributed by atoms with E-state index < -0.39 is 6.10 Å². The minimum Gasteiger partial charge on any atom is -0.391 e. The van der Waals surface area contributed by atoms with Crippen LogP contribution >= 0.6 is 15.9 Å². The van der Waals surface area contributed by atoms with Crippen LogP contribution in [-0.2, 0) is 6.54 Å². The van der Waals surface area contributed by atoms with Crippen LogP contribution in [0.15, 0.2) is 4.73 Å². The van der Waals surface area contributed by atoms with Crippen molar-refractivity contribution in [2.45, 2.75) is 19.6 Å². The molecule has 11 heavy (non-hydrogen) atoms. The zero-order valence-electron chi connectivity index (χ0n) is 6.03. The largest absolute Gasteiger partial charge is 0.391 e. The second-order valence-corrected chi connectivity index (χ2v) is 2.98. The minimum atomic E-state index is -0.451. The smallest absolute Gasteiger partial charge is 0.240 e. The number of rotatable bonds is 2. The first kappa shape index (κ1) is 8.48. The van der Waals surface area contributed by atoms with E-state index in [2.05, 4.69) is 26.0 Å². The van der Waals surface area contributed by atoms with E-state index in [4.69, 9.17) is 10.8 Å². The lowest BCUT2D eigenvalue weighted by atomic mass is 10.4. The molecule has 1 rings (SSSR count). The van der Waals surface area contributed by atoms with Gasteiger partial charge in [0.15, 0.2) is 4.73 Å². The van der Waals surface area contributed by atoms with Crippen molar-refractivity contribution in [3.8, 4) is 0 Å². The van der Waals surface area contributed by atoms with Crippen LogP contribution in [0.25, 0.3) is 0 Å². The lowest BCUT2D eigenvalue weighted by Gasteiger charge is -2.02. The number of nitrogens with zero attached hydrogens (tertiary/aromatic N) is 3. The van der Waals surface area contributed by atoms with Crippen molar-refractivity contribution >= 4 is 21.9 Å². The molecule has 5 nitrogen and oxygen atoms in total. The summed E-state index contributed by atoms with van der Waals surface area (Å²) in [5, 5.41) is 12.8. The number of hydrogen-bond acceptors (Lipinski definition) is 4. The van der Waals surface area contributed by atoms with Crippen LogP contribution in [0.4, 0.5) is 5.95 Å². The van der Waals surface area contributed by atoms with Crippen LogP contribution in [0.5, 0.6) is 0 Å². The SMILES string of the molecule is CC(O)Cn1nc(N)nc1Br. The van der Waals surface area contributed by atoms with Crippen LogP contribution in [0.3, 0.4) is 0 Å². The number of nitrogens with two attached hydrogens (primary N) is 1. The van der Waals surface area contributed by atoms with Crippen LogP contribution in [0.1, 0.15) is 6.92 Å². The highest BCUT2D eigenvalue weighted by Gasteiger charge is 2.05. The molecule has 1 heterocycles. The van der Waals surface area contributed by atoms with Crippen LogP contribution < -0.4 is 5.73 Å². The van der Waals surface area contributed by atoms with Crippen molar-refractivity contribution < 1.29 is 5.11 Å². The van der Waals surface area contributed by atoms with Crippen molar-refractivity contribution in [1.82, 2.24) is 14.8 Å². The Kier molecular flexibility index (Phi) is 2.45. The van der Waals surface area contributed by atoms with Gasteiger partial charge in [-0.3, -0.25) is 0 Å². The van der Waals surface area contributed by atoms with Crippen LogP contribution in [0, 0.1) is 0 Å². The second kappa shape index (κ2) is 3.19. The maximum Gasteiger partial charge on any atom is 0.240 e. The van der Waals surface area contributed by atoms with E-state index in [1.54, 1.807) is 6.92 Å². The molecule has 3 N–H and O–H groups in total. The van der Waals surface area contributed by atoms with E-state index >= 15 is 0 Å². The summed E-state index contributed by atoms with van der Waals surface area (Å²) in [4.78, 5) is 3.80. The van der Waals surface area contributed by atoms with Gasteiger partial charge in [0.2, 0.25) is 5.95 Å². The normalized spacial score (nSPS) is 13.4. The standard InChI is InChI=1S/C5H9BrN4O/c1-3(11)2-10-4(6)8-5(7)9-10/h3,11H,2H2,1H3,(H2,7,9). The van der Waals surface area contributed by atoms with Gasteiger partial charge < -0.3 is 10.8 Å². The van der Waals surface area contributed by atoms with Crippen molar-refractivity contribution in [2.75, 3.05) is 5.73 Å². The predicted octanol–water partition coefficient (Wildman–Crippen LogP) is 0.00360. The third-order valence-electron chi connectivity index (χ3n) is 1.08. The number of aliphatic hydroxyl groups excluding tert-OH is 1. The fourth-order valence-electron chi connectivity index (χ4n) is 0.706. The third kappa shape index (κ3) is 2.16. The average molecular weight is 221 g/mol. The van der Waals surface area contributed by atoms with Gasteiger partial charge in [-0.1, -0.05) is 0 Å². The van der Waals surface area contributed by atoms with Crippen molar-refractivity contribution in [2.24, 2.45) is 0 Å². The van der Waals surface area contributed by atoms with Gasteiger partial charge in [-0.05, 0) is 22.9 Å². The molecule has 1 aromatic heterocycles. The lowest BCUT2D eigenvalue weighted by molar-refractivity contribution is 0.167. The van der Waals surface area contributed by atoms with Gasteiger partial charge >= 0.3 is 0 Å². The average Bonchev–Trinajstić information content (AvgIpc) is 2.09. The molecule has 0 saturated carbocycles. The van der Waals surface area contributed by atoms with Gasteiger partial charge in [0, 0.05) is 0 Å². The molecule has 0 aliphatic carbocycles. The summed E-state index contributed by atoms with van der Waals surface area (Å²) in [5.41, 5.74) is 5.30. The van der Waals surface area contributed by atoms with Crippen molar-refractivity contribution in [1.29, 1.82) is 0 Å². The van der Waals surface area contributed by atoms with E-state index in [-0.39, 0.29) is 5.95 Å². The summed E-state index contributed by atoms with van der Waals surface area (Å²) in [7, 11) is 0. The zero-order valence-corrected chi connectivity index (χ0v) is 7.61. The van der Waals surface area contributed by atoms with E-state index in [0.29, 0.717) is 11.3 Å². The summed E-state index contributed by atoms with van der Waals surface area (Å²) in [6.07, 6.45) is -0.451. The van der Waals surface area contributed by atoms with Gasteiger partial charge in [0.05, 0.1) is 12.6 Å². The van der Waals surface area contributed by atoms with Crippen LogP contribution in [-0.4, -0.2) is 26.0 Å². The van der Waals surface area contributed by atoms with E-state index in [1.807, 2.05) is 0 Å². The molecular weight excluding hydrogens is 212 g/mol. The molecule has 0 saturated heterocycles. The minimum absolute atomic E-state index is 0.206. The quantitative estimate of drug-likeness (QED) is 0.737. The first-order valence-electron chi connectivity index (χ1n) is 3.13. The Morgan fingerprint density at radius 2 is 2.45 bits per heavy atom. The van der Waals surface area contributed by atoms with Crippen molar-refractivity contribution in [3.63, 3.8) is 0 Å². The number of aliphatic hydroxyl groups is 1. The zero-order chi connectivity index (χ0) is 8.43. The highest BCUT2D eigenvalue weighted by atomic mass is 79.9. The Morgan fingerprint density at radius 3 is 2.82 bits per heavy atom. The maximum absolute atomic E-state index is 8.99. The summed E-state index contributed by atoms with van der Waals surface area (Å²) >= 11 is 3.14. The molecule has 1 aromatic rings. The Morgan fingerprint density at radius 1 is 1.82 bits per heavy atom. The highest BCUT2D eigenvalue weighted by Crippen LogP contribution is 2.07. The summed E-state index contributed by atoms with van der Waals surface area (Å²) < 4.78 is 2.04. The summed E-state index contributed by atoms with van der Waals surface area (Å²) in [6, 6.07) is 0. The highest BCUT2D eigenvalue weighted by molar-refractivity contribution is 9.10. The predicted molar refractivity (Wildman–Crippen MR) is 43.8 cm³/mol. The van der Waals surface area contributed by atoms with Gasteiger partial charge in [0.25, 0.3) is 0 Å². The number of nitrogen functional groups attached to an aromatic ring is 1. The second-order valence-electron chi connectivity index (χ2n) is 2.27. The number of hydrogen-bond donors (Lipinski definition) is 2. The van der Waals surface area contributed by atoms with E-state index in [9.17, 15) is 0 Å². The number of aromatic nitrogens is 3. The molecule has 6 heteroatoms. The summed E-state index contributed by atoms with van der Waals surface area (Å²) in [5.74, 6) is 0.206. The molecule has 0 fully saturated rings. The molecular formula is C5H9BrN4O. The first-order chi connectivity index (χ1) is 5.09. The molecule has 0 amide bonds. The number of halogens is 1. The molecule has 1 unspecified atom stereocenters. The molecule has 1 atom stereocenters. The monoisotopic (exact) mass is 220 g/mol. The van der Waals surface area contributed by atoms with Gasteiger partial charge in [-0.2, -0.15) is 4.98 Å². The Bertz CT molecular complexity index is 247. The fourth-order valence-corrected chi connectivity index (χ4v) is 1.11. The molecule has 0 spiro atoms. The van der Waals surface area contributed by atoms with E-state index in [0.717, 1.165) is 0 Å². The maximum atomic E-state index is 8.99. The summed E-state index contributed by atoms with van der Waals surface area (Å²) in [6.45, 7) is 2.06.